The molecule has 1 aromatic heterocycles. The molecule has 0 aromatic carbocycles. The van der Waals surface area contributed by atoms with Crippen molar-refractivity contribution in [3.63, 3.8) is 0 Å². The van der Waals surface area contributed by atoms with Crippen LogP contribution in [0.3, 0.4) is 0 Å². The van der Waals surface area contributed by atoms with Gasteiger partial charge in [0.2, 0.25) is 0 Å². The van der Waals surface area contributed by atoms with E-state index in [0.29, 0.717) is 23.1 Å². The molecule has 23 heavy (non-hydrogen) atoms. The first-order valence-corrected chi connectivity index (χ1v) is 9.28. The fourth-order valence-corrected chi connectivity index (χ4v) is 5.00. The van der Waals surface area contributed by atoms with E-state index in [9.17, 15) is 9.59 Å². The average Bonchev–Trinajstić information content (AvgIpc) is 3.14. The minimum absolute atomic E-state index is 0.159. The Labute approximate surface area is 140 Å². The van der Waals surface area contributed by atoms with Crippen molar-refractivity contribution in [1.82, 2.24) is 0 Å². The molecule has 2 aliphatic rings. The number of amides is 2. The van der Waals surface area contributed by atoms with Crippen LogP contribution in [-0.2, 0) is 22.4 Å². The lowest BCUT2D eigenvalue weighted by Gasteiger charge is -2.21. The Kier molecular flexibility index (Phi) is 5.02. The highest BCUT2D eigenvalue weighted by atomic mass is 32.1. The number of nitrogens with two attached hydrogens (primary N) is 1. The lowest BCUT2D eigenvalue weighted by molar-refractivity contribution is -0.124. The van der Waals surface area contributed by atoms with Crippen LogP contribution in [0.1, 0.15) is 59.8 Å². The van der Waals surface area contributed by atoms with Gasteiger partial charge in [-0.25, -0.2) is 0 Å². The molecule has 0 radical (unpaired) electrons. The Balaban J connectivity index is 1.82. The SMILES string of the molecule is CCCC1CCc2c(sc(NC(=O)C3CCCO3)c2C(N)=O)C1. The molecule has 1 aliphatic heterocycles. The van der Waals surface area contributed by atoms with Crippen molar-refractivity contribution < 1.29 is 14.3 Å². The molecule has 1 fully saturated rings. The van der Waals surface area contributed by atoms with Crippen LogP contribution < -0.4 is 11.1 Å². The van der Waals surface area contributed by atoms with E-state index in [4.69, 9.17) is 10.5 Å². The highest BCUT2D eigenvalue weighted by Gasteiger charge is 2.30. The summed E-state index contributed by atoms with van der Waals surface area (Å²) in [6, 6.07) is 0. The first-order valence-electron chi connectivity index (χ1n) is 8.47. The normalized spacial score (nSPS) is 23.5. The van der Waals surface area contributed by atoms with E-state index in [1.54, 1.807) is 0 Å². The molecule has 1 saturated heterocycles. The first kappa shape index (κ1) is 16.5. The number of rotatable bonds is 5. The van der Waals surface area contributed by atoms with Crippen LogP contribution in [0.4, 0.5) is 5.00 Å². The smallest absolute Gasteiger partial charge is 0.254 e. The van der Waals surface area contributed by atoms with Crippen LogP contribution in [0.15, 0.2) is 0 Å². The lowest BCUT2D eigenvalue weighted by Crippen LogP contribution is -2.27. The van der Waals surface area contributed by atoms with Gasteiger partial charge in [-0.3, -0.25) is 9.59 Å². The highest BCUT2D eigenvalue weighted by molar-refractivity contribution is 7.17. The molecule has 5 nitrogen and oxygen atoms in total. The Bertz CT molecular complexity index is 605. The van der Waals surface area contributed by atoms with Crippen LogP contribution in [0.2, 0.25) is 0 Å². The maximum Gasteiger partial charge on any atom is 0.254 e. The summed E-state index contributed by atoms with van der Waals surface area (Å²) in [6.45, 7) is 2.83. The molecule has 1 aliphatic carbocycles. The Morgan fingerprint density at radius 3 is 2.87 bits per heavy atom. The van der Waals surface area contributed by atoms with E-state index in [1.807, 2.05) is 0 Å². The van der Waals surface area contributed by atoms with Gasteiger partial charge in [-0.15, -0.1) is 11.3 Å². The molecule has 0 saturated carbocycles. The minimum atomic E-state index is -0.445. The van der Waals surface area contributed by atoms with Crippen molar-refractivity contribution in [1.29, 1.82) is 0 Å². The molecule has 0 bridgehead atoms. The summed E-state index contributed by atoms with van der Waals surface area (Å²) >= 11 is 1.52. The second-order valence-corrected chi connectivity index (χ2v) is 7.57. The number of primary amides is 1. The standard InChI is InChI=1S/C17H24N2O3S/c1-2-4-10-6-7-11-13(9-10)23-17(14(11)15(18)20)19-16(21)12-5-3-8-22-12/h10,12H,2-9H2,1H3,(H2,18,20)(H,19,21). The summed E-state index contributed by atoms with van der Waals surface area (Å²) in [4.78, 5) is 25.4. The number of fused-ring (bicyclic) bond motifs is 1. The third-order valence-corrected chi connectivity index (χ3v) is 5.94. The third-order valence-electron chi connectivity index (χ3n) is 4.77. The van der Waals surface area contributed by atoms with E-state index >= 15 is 0 Å². The number of carbonyl (C=O) groups excluding carboxylic acids is 2. The maximum absolute atomic E-state index is 12.3. The lowest BCUT2D eigenvalue weighted by atomic mass is 9.84. The van der Waals surface area contributed by atoms with E-state index < -0.39 is 12.0 Å². The second-order valence-electron chi connectivity index (χ2n) is 6.46. The summed E-state index contributed by atoms with van der Waals surface area (Å²) in [7, 11) is 0. The molecule has 2 unspecified atom stereocenters. The monoisotopic (exact) mass is 336 g/mol. The number of carbonyl (C=O) groups is 2. The number of ether oxygens (including phenoxy) is 1. The molecule has 6 heteroatoms. The van der Waals surface area contributed by atoms with Crippen molar-refractivity contribution in [3.8, 4) is 0 Å². The van der Waals surface area contributed by atoms with Gasteiger partial charge in [-0.1, -0.05) is 19.8 Å². The Morgan fingerprint density at radius 2 is 2.22 bits per heavy atom. The zero-order valence-electron chi connectivity index (χ0n) is 13.5. The van der Waals surface area contributed by atoms with Crippen molar-refractivity contribution >= 4 is 28.2 Å². The van der Waals surface area contributed by atoms with Crippen LogP contribution in [0.5, 0.6) is 0 Å². The number of hydrogen-bond acceptors (Lipinski definition) is 4. The largest absolute Gasteiger partial charge is 0.368 e. The molecule has 2 amide bonds. The van der Waals surface area contributed by atoms with Gasteiger partial charge >= 0.3 is 0 Å². The molecule has 3 rings (SSSR count). The predicted octanol–water partition coefficient (Wildman–Crippen LogP) is 2.87. The van der Waals surface area contributed by atoms with Gasteiger partial charge in [0.05, 0.1) is 5.56 Å². The van der Waals surface area contributed by atoms with Crippen LogP contribution in [0.25, 0.3) is 0 Å². The topological polar surface area (TPSA) is 81.4 Å². The summed E-state index contributed by atoms with van der Waals surface area (Å²) in [5.41, 5.74) is 7.16. The summed E-state index contributed by atoms with van der Waals surface area (Å²) in [6.07, 6.45) is 6.59. The van der Waals surface area contributed by atoms with Crippen LogP contribution >= 0.6 is 11.3 Å². The maximum atomic E-state index is 12.3. The molecule has 2 atom stereocenters. The molecule has 2 heterocycles. The number of hydrogen-bond donors (Lipinski definition) is 2. The Morgan fingerprint density at radius 1 is 1.39 bits per heavy atom. The second kappa shape index (κ2) is 7.01. The number of thiophene rings is 1. The molecular formula is C17H24N2O3S. The van der Waals surface area contributed by atoms with Gasteiger partial charge in [0, 0.05) is 11.5 Å². The van der Waals surface area contributed by atoms with Crippen molar-refractivity contribution in [2.75, 3.05) is 11.9 Å². The van der Waals surface area contributed by atoms with Gasteiger partial charge < -0.3 is 15.8 Å². The Hall–Kier alpha value is -1.40. The summed E-state index contributed by atoms with van der Waals surface area (Å²) in [5, 5.41) is 3.50. The average molecular weight is 336 g/mol. The fraction of sp³-hybridized carbons (Fsp3) is 0.647. The molecule has 126 valence electrons. The quantitative estimate of drug-likeness (QED) is 0.867. The zero-order valence-corrected chi connectivity index (χ0v) is 14.3. The van der Waals surface area contributed by atoms with Gasteiger partial charge in [0.15, 0.2) is 0 Å². The third kappa shape index (κ3) is 3.43. The molecule has 1 aromatic rings. The van der Waals surface area contributed by atoms with Crippen LogP contribution in [0, 0.1) is 5.92 Å². The first-order chi connectivity index (χ1) is 11.1. The molecule has 0 spiro atoms. The van der Waals surface area contributed by atoms with E-state index in [1.165, 1.54) is 29.1 Å². The van der Waals surface area contributed by atoms with Crippen molar-refractivity contribution in [3.05, 3.63) is 16.0 Å². The van der Waals surface area contributed by atoms with E-state index in [-0.39, 0.29) is 5.91 Å². The van der Waals surface area contributed by atoms with Gasteiger partial charge in [-0.2, -0.15) is 0 Å². The van der Waals surface area contributed by atoms with Crippen molar-refractivity contribution in [2.45, 2.75) is 58.0 Å². The highest BCUT2D eigenvalue weighted by Crippen LogP contribution is 2.40. The van der Waals surface area contributed by atoms with Gasteiger partial charge in [0.1, 0.15) is 11.1 Å². The summed E-state index contributed by atoms with van der Waals surface area (Å²) < 4.78 is 5.41. The number of anilines is 1. The molecule has 3 N–H and O–H groups in total. The predicted molar refractivity (Wildman–Crippen MR) is 90.9 cm³/mol. The van der Waals surface area contributed by atoms with E-state index in [0.717, 1.165) is 37.7 Å². The van der Waals surface area contributed by atoms with Gasteiger partial charge in [-0.05, 0) is 43.6 Å². The minimum Gasteiger partial charge on any atom is -0.368 e. The number of nitrogens with one attached hydrogen (secondary N) is 1. The zero-order chi connectivity index (χ0) is 16.4. The van der Waals surface area contributed by atoms with E-state index in [2.05, 4.69) is 12.2 Å². The summed E-state index contributed by atoms with van der Waals surface area (Å²) in [5.74, 6) is 0.0707. The van der Waals surface area contributed by atoms with Crippen molar-refractivity contribution in [2.24, 2.45) is 11.7 Å². The fourth-order valence-electron chi connectivity index (χ4n) is 3.63. The van der Waals surface area contributed by atoms with Crippen LogP contribution in [-0.4, -0.2) is 24.5 Å². The van der Waals surface area contributed by atoms with Gasteiger partial charge in [0.25, 0.3) is 11.8 Å². The molecular weight excluding hydrogens is 312 g/mol.